The zero-order valence-electron chi connectivity index (χ0n) is 11.4. The summed E-state index contributed by atoms with van der Waals surface area (Å²) in [6, 6.07) is 5.33. The van der Waals surface area contributed by atoms with Crippen LogP contribution in [0.4, 0.5) is 0 Å². The number of sulfonamides is 1. The monoisotopic (exact) mass is 296 g/mol. The van der Waals surface area contributed by atoms with Gasteiger partial charge in [0.2, 0.25) is 10.0 Å². The Morgan fingerprint density at radius 2 is 1.90 bits per heavy atom. The van der Waals surface area contributed by atoms with Crippen molar-refractivity contribution in [1.29, 1.82) is 0 Å². The van der Waals surface area contributed by atoms with Crippen molar-refractivity contribution < 1.29 is 18.3 Å². The number of aromatic carboxylic acids is 1. The van der Waals surface area contributed by atoms with E-state index in [2.05, 4.69) is 0 Å². The molecular weight excluding hydrogens is 278 g/mol. The van der Waals surface area contributed by atoms with Gasteiger partial charge in [0, 0.05) is 13.1 Å². The maximum Gasteiger partial charge on any atom is 0.243 e. The van der Waals surface area contributed by atoms with Crippen LogP contribution in [0.2, 0.25) is 0 Å². The number of hydrogen-bond donors (Lipinski definition) is 0. The average Bonchev–Trinajstić information content (AvgIpc) is 2.47. The molecule has 0 saturated heterocycles. The van der Waals surface area contributed by atoms with Gasteiger partial charge in [-0.2, -0.15) is 4.31 Å². The van der Waals surface area contributed by atoms with Gasteiger partial charge in [-0.15, -0.1) is 0 Å². The average molecular weight is 296 g/mol. The van der Waals surface area contributed by atoms with Crippen LogP contribution in [0.5, 0.6) is 0 Å². The van der Waals surface area contributed by atoms with Crippen LogP contribution in [0.15, 0.2) is 29.2 Å². The molecule has 0 aliphatic heterocycles. The number of nitrogens with zero attached hydrogens (tertiary/aromatic N) is 1. The fraction of sp³-hybridized carbons (Fsp3) is 0.500. The van der Waals surface area contributed by atoms with Crippen molar-refractivity contribution in [2.24, 2.45) is 0 Å². The maximum absolute atomic E-state index is 12.5. The molecule has 1 aliphatic carbocycles. The lowest BCUT2D eigenvalue weighted by Crippen LogP contribution is -2.38. The molecule has 110 valence electrons. The van der Waals surface area contributed by atoms with E-state index in [1.165, 1.54) is 22.5 Å². The molecule has 0 heterocycles. The summed E-state index contributed by atoms with van der Waals surface area (Å²) in [5.74, 6) is -1.37. The number of rotatable bonds is 4. The summed E-state index contributed by atoms with van der Waals surface area (Å²) >= 11 is 0. The van der Waals surface area contributed by atoms with Crippen molar-refractivity contribution in [3.63, 3.8) is 0 Å². The summed E-state index contributed by atoms with van der Waals surface area (Å²) < 4.78 is 26.4. The fourth-order valence-electron chi connectivity index (χ4n) is 2.59. The van der Waals surface area contributed by atoms with E-state index in [4.69, 9.17) is 0 Å². The fourth-order valence-corrected chi connectivity index (χ4v) is 4.05. The van der Waals surface area contributed by atoms with Gasteiger partial charge in [-0.05, 0) is 30.5 Å². The van der Waals surface area contributed by atoms with Gasteiger partial charge in [-0.3, -0.25) is 0 Å². The first-order chi connectivity index (χ1) is 9.43. The molecule has 20 heavy (non-hydrogen) atoms. The van der Waals surface area contributed by atoms with E-state index in [1.807, 2.05) is 0 Å². The molecule has 1 aromatic carbocycles. The highest BCUT2D eigenvalue weighted by Crippen LogP contribution is 2.26. The van der Waals surface area contributed by atoms with Crippen LogP contribution in [0.1, 0.15) is 42.5 Å². The second kappa shape index (κ2) is 5.93. The molecule has 1 aliphatic rings. The standard InChI is InChI=1S/C14H19NO4S/c1-15(12-7-3-2-4-8-12)20(18,19)13-9-5-6-11(10-13)14(16)17/h5-6,9-10,12H,2-4,7-8H2,1H3,(H,16,17)/p-1. The summed E-state index contributed by atoms with van der Waals surface area (Å²) in [6.07, 6.45) is 4.92. The van der Waals surface area contributed by atoms with E-state index in [0.29, 0.717) is 0 Å². The highest BCUT2D eigenvalue weighted by Gasteiger charge is 2.29. The van der Waals surface area contributed by atoms with Crippen LogP contribution < -0.4 is 5.11 Å². The van der Waals surface area contributed by atoms with Gasteiger partial charge < -0.3 is 9.90 Å². The van der Waals surface area contributed by atoms with Crippen molar-refractivity contribution in [2.45, 2.75) is 43.0 Å². The lowest BCUT2D eigenvalue weighted by atomic mass is 9.96. The number of carboxylic acid groups (broad SMARTS) is 1. The third kappa shape index (κ3) is 3.02. The minimum atomic E-state index is -3.65. The zero-order chi connectivity index (χ0) is 14.8. The molecule has 0 spiro atoms. The normalized spacial score (nSPS) is 17.3. The quantitative estimate of drug-likeness (QED) is 0.830. The van der Waals surface area contributed by atoms with Crippen LogP contribution >= 0.6 is 0 Å². The Kier molecular flexibility index (Phi) is 4.45. The Balaban J connectivity index is 2.29. The first kappa shape index (κ1) is 15.0. The summed E-state index contributed by atoms with van der Waals surface area (Å²) in [5, 5.41) is 10.8. The van der Waals surface area contributed by atoms with E-state index in [9.17, 15) is 18.3 Å². The molecule has 0 unspecified atom stereocenters. The summed E-state index contributed by atoms with van der Waals surface area (Å²) in [4.78, 5) is 10.8. The Bertz CT molecular complexity index is 591. The Morgan fingerprint density at radius 3 is 2.50 bits per heavy atom. The van der Waals surface area contributed by atoms with Gasteiger partial charge in [0.15, 0.2) is 0 Å². The van der Waals surface area contributed by atoms with Gasteiger partial charge in [0.25, 0.3) is 0 Å². The molecule has 1 fully saturated rings. The molecule has 1 aromatic rings. The second-order valence-corrected chi connectivity index (χ2v) is 7.13. The third-order valence-corrected chi connectivity index (χ3v) is 5.74. The minimum Gasteiger partial charge on any atom is -0.545 e. The topological polar surface area (TPSA) is 77.5 Å². The van der Waals surface area contributed by atoms with Gasteiger partial charge in [0.05, 0.1) is 10.9 Å². The smallest absolute Gasteiger partial charge is 0.243 e. The first-order valence-corrected chi connectivity index (χ1v) is 8.16. The molecule has 0 radical (unpaired) electrons. The predicted octanol–water partition coefficient (Wildman–Crippen LogP) is 1.00. The minimum absolute atomic E-state index is 0.000333. The largest absolute Gasteiger partial charge is 0.545 e. The summed E-state index contributed by atoms with van der Waals surface area (Å²) in [5.41, 5.74) is -0.122. The highest BCUT2D eigenvalue weighted by atomic mass is 32.2. The molecule has 1 saturated carbocycles. The Hall–Kier alpha value is -1.40. The van der Waals surface area contributed by atoms with Crippen molar-refractivity contribution in [1.82, 2.24) is 4.31 Å². The van der Waals surface area contributed by atoms with Gasteiger partial charge in [-0.1, -0.05) is 31.4 Å². The van der Waals surface area contributed by atoms with E-state index in [1.54, 1.807) is 7.05 Å². The van der Waals surface area contributed by atoms with E-state index in [0.717, 1.165) is 38.2 Å². The Morgan fingerprint density at radius 1 is 1.25 bits per heavy atom. The Labute approximate surface area is 119 Å². The SMILES string of the molecule is CN(C1CCCCC1)S(=O)(=O)c1cccc(C(=O)[O-])c1. The molecule has 6 heteroatoms. The van der Waals surface area contributed by atoms with Crippen molar-refractivity contribution in [2.75, 3.05) is 7.05 Å². The van der Waals surface area contributed by atoms with Crippen molar-refractivity contribution in [3.05, 3.63) is 29.8 Å². The second-order valence-electron chi connectivity index (χ2n) is 5.13. The number of carboxylic acids is 1. The summed E-state index contributed by atoms with van der Waals surface area (Å²) in [7, 11) is -2.09. The molecule has 0 bridgehead atoms. The summed E-state index contributed by atoms with van der Waals surface area (Å²) in [6.45, 7) is 0. The van der Waals surface area contributed by atoms with Crippen LogP contribution in [-0.2, 0) is 10.0 Å². The van der Waals surface area contributed by atoms with E-state index >= 15 is 0 Å². The first-order valence-electron chi connectivity index (χ1n) is 6.72. The third-order valence-electron chi connectivity index (χ3n) is 3.84. The lowest BCUT2D eigenvalue weighted by molar-refractivity contribution is -0.255. The van der Waals surface area contributed by atoms with Crippen LogP contribution in [0.25, 0.3) is 0 Å². The van der Waals surface area contributed by atoms with Gasteiger partial charge in [0.1, 0.15) is 0 Å². The maximum atomic E-state index is 12.5. The van der Waals surface area contributed by atoms with Gasteiger partial charge >= 0.3 is 0 Å². The zero-order valence-corrected chi connectivity index (χ0v) is 12.2. The van der Waals surface area contributed by atoms with Crippen LogP contribution in [0, 0.1) is 0 Å². The van der Waals surface area contributed by atoms with Crippen LogP contribution in [0.3, 0.4) is 0 Å². The van der Waals surface area contributed by atoms with Crippen LogP contribution in [-0.4, -0.2) is 31.8 Å². The molecule has 5 nitrogen and oxygen atoms in total. The molecule has 0 atom stereocenters. The number of carbonyl (C=O) groups excluding carboxylic acids is 1. The molecule has 0 amide bonds. The van der Waals surface area contributed by atoms with E-state index in [-0.39, 0.29) is 16.5 Å². The molecule has 2 rings (SSSR count). The molecule has 0 aromatic heterocycles. The highest BCUT2D eigenvalue weighted by molar-refractivity contribution is 7.89. The number of benzene rings is 1. The number of carbonyl (C=O) groups is 1. The van der Waals surface area contributed by atoms with Crippen molar-refractivity contribution >= 4 is 16.0 Å². The number of hydrogen-bond acceptors (Lipinski definition) is 4. The lowest BCUT2D eigenvalue weighted by Gasteiger charge is -2.30. The predicted molar refractivity (Wildman–Crippen MR) is 72.6 cm³/mol. The van der Waals surface area contributed by atoms with E-state index < -0.39 is 16.0 Å². The molecular formula is C14H18NO4S-. The molecule has 0 N–H and O–H groups in total. The van der Waals surface area contributed by atoms with Crippen molar-refractivity contribution in [3.8, 4) is 0 Å². The van der Waals surface area contributed by atoms with Gasteiger partial charge in [-0.25, -0.2) is 8.42 Å².